The molecule has 4 heterocycles. The Labute approximate surface area is 407 Å². The van der Waals surface area contributed by atoms with Gasteiger partial charge in [0.25, 0.3) is 0 Å². The fraction of sp³-hybridized carbons (Fsp3) is 0.238. The van der Waals surface area contributed by atoms with Crippen molar-refractivity contribution in [2.24, 2.45) is 0 Å². The van der Waals surface area contributed by atoms with E-state index in [1.54, 1.807) is 0 Å². The minimum Gasteiger partial charge on any atom is -0.355 e. The summed E-state index contributed by atoms with van der Waals surface area (Å²) >= 11 is 3.87. The molecule has 3 aliphatic rings. The molecule has 11 aromatic rings. The monoisotopic (exact) mass is 914 g/mol. The molecule has 1 N–H and O–H groups in total. The van der Waals surface area contributed by atoms with E-state index in [-0.39, 0.29) is 21.7 Å². The van der Waals surface area contributed by atoms with Crippen molar-refractivity contribution in [3.8, 4) is 27.9 Å². The van der Waals surface area contributed by atoms with E-state index in [1.807, 2.05) is 22.7 Å². The summed E-state index contributed by atoms with van der Waals surface area (Å²) < 4.78 is 8.07. The van der Waals surface area contributed by atoms with E-state index in [4.69, 9.17) is 0 Å². The van der Waals surface area contributed by atoms with E-state index in [9.17, 15) is 0 Å². The summed E-state index contributed by atoms with van der Waals surface area (Å²) in [6.07, 6.45) is 2.41. The molecule has 68 heavy (non-hydrogen) atoms. The third-order valence-electron chi connectivity index (χ3n) is 16.8. The molecule has 0 atom stereocenters. The van der Waals surface area contributed by atoms with Gasteiger partial charge in [-0.3, -0.25) is 0 Å². The van der Waals surface area contributed by atoms with E-state index in [2.05, 4.69) is 206 Å². The lowest BCUT2D eigenvalue weighted by atomic mass is 9.59. The van der Waals surface area contributed by atoms with Crippen molar-refractivity contribution in [1.29, 1.82) is 0 Å². The molecule has 0 unspecified atom stereocenters. The Morgan fingerprint density at radius 3 is 1.97 bits per heavy atom. The summed E-state index contributed by atoms with van der Waals surface area (Å²) in [6, 6.07) is 52.4. The van der Waals surface area contributed by atoms with Gasteiger partial charge in [0.15, 0.2) is 7.28 Å². The summed E-state index contributed by atoms with van der Waals surface area (Å²) in [6.45, 7) is 21.5. The Balaban J connectivity index is 1.06. The number of benzene rings is 8. The van der Waals surface area contributed by atoms with Crippen LogP contribution in [0.1, 0.15) is 103 Å². The number of rotatable bonds is 3. The van der Waals surface area contributed by atoms with Crippen LogP contribution in [-0.2, 0) is 21.7 Å². The lowest BCUT2D eigenvalue weighted by Gasteiger charge is -2.41. The van der Waals surface area contributed by atoms with Crippen molar-refractivity contribution < 1.29 is 0 Å². The molecule has 8 aromatic carbocycles. The minimum absolute atomic E-state index is 0.0783. The van der Waals surface area contributed by atoms with Crippen molar-refractivity contribution in [3.05, 3.63) is 161 Å². The van der Waals surface area contributed by atoms with E-state index in [0.717, 1.165) is 18.7 Å². The van der Waals surface area contributed by atoms with Crippen LogP contribution in [0, 0.1) is 0 Å². The first-order valence-electron chi connectivity index (χ1n) is 24.7. The molecule has 2 aliphatic carbocycles. The van der Waals surface area contributed by atoms with Gasteiger partial charge < -0.3 is 9.88 Å². The van der Waals surface area contributed by atoms with E-state index in [0.29, 0.717) is 0 Å². The summed E-state index contributed by atoms with van der Waals surface area (Å²) in [5.41, 5.74) is 21.8. The zero-order valence-electron chi connectivity index (χ0n) is 40.6. The number of fused-ring (bicyclic) bond motifs is 15. The smallest absolute Gasteiger partial charge is 0.198 e. The maximum absolute atomic E-state index is 4.04. The van der Waals surface area contributed by atoms with Gasteiger partial charge in [-0.25, -0.2) is 0 Å². The molecule has 14 rings (SSSR count). The van der Waals surface area contributed by atoms with E-state index < -0.39 is 0 Å². The number of nitrogens with one attached hydrogen (secondary N) is 1. The molecule has 0 bridgehead atoms. The molecule has 332 valence electrons. The van der Waals surface area contributed by atoms with Crippen molar-refractivity contribution in [2.75, 3.05) is 5.32 Å². The molecule has 0 fully saturated rings. The lowest BCUT2D eigenvalue weighted by Crippen LogP contribution is -2.37. The standard InChI is InChI=1S/C63H55BN2S2/c1-60(2,3)34-18-20-35(21-19-34)65-51-32-56-43(44-28-48-49(31-55(44)68-56)62(6,7)25-24-61(48,4)5)27-41(51)38-22-23-39-42-26-40-36-14-10-12-16-46(36)63(8,9)47(40)30-52(42)66-53-33-57-45(29-50(53)64-58(38)59(39)66)37-15-11-13-17-54(37)67-57/h10-23,26-33,64-65H,24-25H2,1-9H3. The molecule has 0 radical (unpaired) electrons. The van der Waals surface area contributed by atoms with Gasteiger partial charge in [0.05, 0.1) is 5.52 Å². The van der Waals surface area contributed by atoms with Crippen molar-refractivity contribution in [2.45, 2.75) is 96.8 Å². The Morgan fingerprint density at radius 2 is 1.18 bits per heavy atom. The van der Waals surface area contributed by atoms with Crippen LogP contribution in [0.4, 0.5) is 11.4 Å². The zero-order valence-corrected chi connectivity index (χ0v) is 42.2. The second kappa shape index (κ2) is 13.6. The van der Waals surface area contributed by atoms with E-state index >= 15 is 0 Å². The van der Waals surface area contributed by atoms with Crippen LogP contribution in [0.25, 0.3) is 90.1 Å². The van der Waals surface area contributed by atoms with Crippen LogP contribution in [0.5, 0.6) is 0 Å². The highest BCUT2D eigenvalue weighted by atomic mass is 32.1. The molecule has 5 heteroatoms. The SMILES string of the molecule is CC(C)(C)c1ccc(Nc2cc3sc4cc5c(cc4c3cc2-c2ccc3c4cc6c(cc4n4c3c2Bc2cc3c(cc2-4)sc2ccccc23)C(C)(C)c2ccccc2-6)C(C)(C)CCC5(C)C)cc1. The van der Waals surface area contributed by atoms with Crippen LogP contribution < -0.4 is 16.2 Å². The highest BCUT2D eigenvalue weighted by Crippen LogP contribution is 2.53. The lowest BCUT2D eigenvalue weighted by molar-refractivity contribution is 0.332. The molecule has 1 aliphatic heterocycles. The van der Waals surface area contributed by atoms with Gasteiger partial charge in [0.2, 0.25) is 0 Å². The van der Waals surface area contributed by atoms with Crippen LogP contribution in [0.15, 0.2) is 133 Å². The second-order valence-corrected chi connectivity index (χ2v) is 25.4. The molecular weight excluding hydrogens is 860 g/mol. The van der Waals surface area contributed by atoms with Crippen LogP contribution in [0.2, 0.25) is 0 Å². The Kier molecular flexibility index (Phi) is 8.15. The maximum Gasteiger partial charge on any atom is 0.198 e. The van der Waals surface area contributed by atoms with Crippen LogP contribution in [0.3, 0.4) is 0 Å². The van der Waals surface area contributed by atoms with Gasteiger partial charge in [0.1, 0.15) is 0 Å². The first-order valence-corrected chi connectivity index (χ1v) is 26.3. The normalized spacial score (nSPS) is 16.4. The van der Waals surface area contributed by atoms with Gasteiger partial charge in [-0.1, -0.05) is 141 Å². The minimum atomic E-state index is -0.105. The number of thiophene rings is 2. The third-order valence-corrected chi connectivity index (χ3v) is 19.1. The van der Waals surface area contributed by atoms with Crippen molar-refractivity contribution in [3.63, 3.8) is 0 Å². The third kappa shape index (κ3) is 5.64. The maximum atomic E-state index is 4.04. The van der Waals surface area contributed by atoms with Crippen LogP contribution >= 0.6 is 22.7 Å². The van der Waals surface area contributed by atoms with Gasteiger partial charge in [-0.2, -0.15) is 0 Å². The summed E-state index contributed by atoms with van der Waals surface area (Å²) in [5.74, 6) is 0. The number of hydrogen-bond acceptors (Lipinski definition) is 3. The molecule has 2 nitrogen and oxygen atoms in total. The molecular formula is C63H55BN2S2. The molecule has 0 saturated heterocycles. The predicted octanol–water partition coefficient (Wildman–Crippen LogP) is 16.6. The topological polar surface area (TPSA) is 17.0 Å². The average molecular weight is 915 g/mol. The Morgan fingerprint density at radius 1 is 0.515 bits per heavy atom. The van der Waals surface area contributed by atoms with Crippen LogP contribution in [-0.4, -0.2) is 11.8 Å². The Hall–Kier alpha value is -6.14. The summed E-state index contributed by atoms with van der Waals surface area (Å²) in [5, 5.41) is 12.1. The fourth-order valence-electron chi connectivity index (χ4n) is 12.8. The number of aromatic nitrogens is 1. The first kappa shape index (κ1) is 40.9. The molecule has 3 aromatic heterocycles. The highest BCUT2D eigenvalue weighted by molar-refractivity contribution is 7.26. The molecule has 0 spiro atoms. The quantitative estimate of drug-likeness (QED) is 0.175. The largest absolute Gasteiger partial charge is 0.355 e. The Bertz CT molecular complexity index is 4030. The molecule has 0 saturated carbocycles. The van der Waals surface area contributed by atoms with E-state index in [1.165, 1.54) is 142 Å². The molecule has 0 amide bonds. The number of hydrogen-bond donors (Lipinski definition) is 1. The van der Waals surface area contributed by atoms with Gasteiger partial charge >= 0.3 is 0 Å². The number of anilines is 2. The summed E-state index contributed by atoms with van der Waals surface area (Å²) in [4.78, 5) is 0. The zero-order chi connectivity index (χ0) is 46.4. The average Bonchev–Trinajstić information content (AvgIpc) is 4.02. The van der Waals surface area contributed by atoms with Crippen molar-refractivity contribution in [1.82, 2.24) is 4.57 Å². The van der Waals surface area contributed by atoms with Gasteiger partial charge in [0, 0.05) is 79.3 Å². The fourth-order valence-corrected chi connectivity index (χ4v) is 15.1. The van der Waals surface area contributed by atoms with Gasteiger partial charge in [-0.05, 0) is 145 Å². The van der Waals surface area contributed by atoms with Gasteiger partial charge in [-0.15, -0.1) is 22.7 Å². The number of nitrogens with zero attached hydrogens (tertiary/aromatic N) is 1. The summed E-state index contributed by atoms with van der Waals surface area (Å²) in [7, 11) is 0.853. The van der Waals surface area contributed by atoms with Crippen molar-refractivity contribution >= 4 is 114 Å². The second-order valence-electron chi connectivity index (χ2n) is 23.3. The highest BCUT2D eigenvalue weighted by Gasteiger charge is 2.39. The first-order chi connectivity index (χ1) is 32.5. The predicted molar refractivity (Wildman–Crippen MR) is 300 cm³/mol.